The lowest BCUT2D eigenvalue weighted by Crippen LogP contribution is -2.65. The third-order valence-electron chi connectivity index (χ3n) is 13.0. The Morgan fingerprint density at radius 3 is 2.21 bits per heavy atom. The molecule has 0 bridgehead atoms. The Morgan fingerprint density at radius 2 is 1.55 bits per heavy atom. The molecule has 0 amide bonds. The number of carboxylic acids is 1. The van der Waals surface area contributed by atoms with E-state index < -0.39 is 11.4 Å². The van der Waals surface area contributed by atoms with Crippen molar-refractivity contribution in [3.8, 4) is 0 Å². The summed E-state index contributed by atoms with van der Waals surface area (Å²) in [6.07, 6.45) is 12.6. The highest BCUT2D eigenvalue weighted by Gasteiger charge is 2.69. The molecule has 2 N–H and O–H groups in total. The van der Waals surface area contributed by atoms with E-state index in [4.69, 9.17) is 0 Å². The van der Waals surface area contributed by atoms with Gasteiger partial charge in [-0.3, -0.25) is 4.79 Å². The Labute approximate surface area is 201 Å². The molecular formula is C30H48O3. The van der Waals surface area contributed by atoms with Crippen molar-refractivity contribution in [1.82, 2.24) is 0 Å². The van der Waals surface area contributed by atoms with Crippen molar-refractivity contribution in [2.45, 2.75) is 119 Å². The molecule has 0 aromatic rings. The van der Waals surface area contributed by atoms with Crippen LogP contribution in [0, 0.1) is 50.2 Å². The molecule has 4 fully saturated rings. The SMILES string of the molecule is CC1(C)CC[C@]2(C(=O)O)CC[C@]3(C)C(=CC[C@@H]4[C@]5(C)CC[C@@H](O)C(C)(C)[C@@H]5CC[C@]43C)[C@H]2C1. The molecule has 0 radical (unpaired) electrons. The number of carboxylic acid groups (broad SMARTS) is 1. The van der Waals surface area contributed by atoms with Crippen molar-refractivity contribution < 1.29 is 15.0 Å². The summed E-state index contributed by atoms with van der Waals surface area (Å²) in [5.74, 6) is 0.807. The van der Waals surface area contributed by atoms with Gasteiger partial charge in [0.2, 0.25) is 0 Å². The van der Waals surface area contributed by atoms with Gasteiger partial charge in [-0.05, 0) is 109 Å². The summed E-state index contributed by atoms with van der Waals surface area (Å²) in [7, 11) is 0. The van der Waals surface area contributed by atoms with Crippen LogP contribution in [0.4, 0.5) is 0 Å². The number of hydrogen-bond donors (Lipinski definition) is 2. The first-order chi connectivity index (χ1) is 15.1. The van der Waals surface area contributed by atoms with Crippen LogP contribution in [-0.2, 0) is 4.79 Å². The van der Waals surface area contributed by atoms with Crippen LogP contribution in [0.2, 0.25) is 0 Å². The molecule has 3 nitrogen and oxygen atoms in total. The zero-order valence-electron chi connectivity index (χ0n) is 22.3. The van der Waals surface area contributed by atoms with Crippen LogP contribution in [0.5, 0.6) is 0 Å². The van der Waals surface area contributed by atoms with Gasteiger partial charge in [0.05, 0.1) is 11.5 Å². The predicted molar refractivity (Wildman–Crippen MR) is 133 cm³/mol. The van der Waals surface area contributed by atoms with Crippen molar-refractivity contribution in [3.05, 3.63) is 11.6 Å². The van der Waals surface area contributed by atoms with E-state index in [1.54, 1.807) is 0 Å². The molecule has 0 saturated heterocycles. The fourth-order valence-corrected chi connectivity index (χ4v) is 10.6. The number of hydrogen-bond acceptors (Lipinski definition) is 2. The molecule has 33 heavy (non-hydrogen) atoms. The summed E-state index contributed by atoms with van der Waals surface area (Å²) in [5, 5.41) is 21.4. The maximum atomic E-state index is 12.8. The first-order valence-electron chi connectivity index (χ1n) is 13.8. The zero-order chi connectivity index (χ0) is 24.2. The molecule has 186 valence electrons. The summed E-state index contributed by atoms with van der Waals surface area (Å²) >= 11 is 0. The molecular weight excluding hydrogens is 408 g/mol. The second kappa shape index (κ2) is 6.89. The van der Waals surface area contributed by atoms with Crippen LogP contribution in [0.15, 0.2) is 11.6 Å². The largest absolute Gasteiger partial charge is 0.481 e. The van der Waals surface area contributed by atoms with Gasteiger partial charge in [0, 0.05) is 0 Å². The third kappa shape index (κ3) is 2.87. The fraction of sp³-hybridized carbons (Fsp3) is 0.900. The van der Waals surface area contributed by atoms with Gasteiger partial charge in [0.25, 0.3) is 0 Å². The first kappa shape index (κ1) is 23.9. The standard InChI is InChI=1S/C30H48O3/c1-25(2)14-16-30(24(32)33)17-15-28(6)19(20(30)18-25)8-9-22-27(5)12-11-23(31)26(3,4)21(27)10-13-29(22,28)7/h8,20-23,31H,9-18H2,1-7H3,(H,32,33)/t20-,21+,22-,23-,27-,28-,29-,30+/m1/s1. The Balaban J connectivity index is 1.60. The number of allylic oxidation sites excluding steroid dienone is 2. The van der Waals surface area contributed by atoms with Crippen molar-refractivity contribution in [1.29, 1.82) is 0 Å². The van der Waals surface area contributed by atoms with Crippen LogP contribution < -0.4 is 0 Å². The first-order valence-corrected chi connectivity index (χ1v) is 13.8. The van der Waals surface area contributed by atoms with Gasteiger partial charge in [0.15, 0.2) is 0 Å². The molecule has 0 spiro atoms. The van der Waals surface area contributed by atoms with Crippen LogP contribution in [-0.4, -0.2) is 22.3 Å². The smallest absolute Gasteiger partial charge is 0.310 e. The Bertz CT molecular complexity index is 885. The van der Waals surface area contributed by atoms with Gasteiger partial charge >= 0.3 is 5.97 Å². The van der Waals surface area contributed by atoms with Crippen molar-refractivity contribution in [3.63, 3.8) is 0 Å². The lowest BCUT2D eigenvalue weighted by atomic mass is 9.33. The number of fused-ring (bicyclic) bond motifs is 7. The maximum absolute atomic E-state index is 12.8. The summed E-state index contributed by atoms with van der Waals surface area (Å²) < 4.78 is 0. The summed E-state index contributed by atoms with van der Waals surface area (Å²) in [6, 6.07) is 0. The summed E-state index contributed by atoms with van der Waals surface area (Å²) in [5.41, 5.74) is 1.68. The number of aliphatic carboxylic acids is 1. The van der Waals surface area contributed by atoms with E-state index in [-0.39, 0.29) is 39.1 Å². The monoisotopic (exact) mass is 456 g/mol. The van der Waals surface area contributed by atoms with Crippen LogP contribution in [0.25, 0.3) is 0 Å². The Hall–Kier alpha value is -0.830. The van der Waals surface area contributed by atoms with E-state index in [2.05, 4.69) is 54.5 Å². The minimum Gasteiger partial charge on any atom is -0.481 e. The van der Waals surface area contributed by atoms with E-state index in [1.165, 1.54) is 18.4 Å². The second-order valence-electron chi connectivity index (χ2n) is 15.1. The van der Waals surface area contributed by atoms with E-state index in [9.17, 15) is 15.0 Å². The average molecular weight is 457 g/mol. The van der Waals surface area contributed by atoms with E-state index in [0.29, 0.717) is 11.8 Å². The quantitative estimate of drug-likeness (QED) is 0.409. The predicted octanol–water partition coefficient (Wildman–Crippen LogP) is 7.23. The normalized spacial score (nSPS) is 52.4. The van der Waals surface area contributed by atoms with Gasteiger partial charge in [-0.25, -0.2) is 0 Å². The number of aliphatic hydroxyl groups is 1. The third-order valence-corrected chi connectivity index (χ3v) is 13.0. The van der Waals surface area contributed by atoms with Gasteiger partial charge in [-0.1, -0.05) is 60.1 Å². The molecule has 0 aromatic heterocycles. The topological polar surface area (TPSA) is 57.5 Å². The van der Waals surface area contributed by atoms with Crippen molar-refractivity contribution in [2.75, 3.05) is 0 Å². The molecule has 5 rings (SSSR count). The molecule has 5 aliphatic rings. The summed E-state index contributed by atoms with van der Waals surface area (Å²) in [6.45, 7) is 16.9. The van der Waals surface area contributed by atoms with E-state index >= 15 is 0 Å². The van der Waals surface area contributed by atoms with Crippen LogP contribution in [0.3, 0.4) is 0 Å². The molecule has 0 heterocycles. The number of carbonyl (C=O) groups is 1. The van der Waals surface area contributed by atoms with Gasteiger partial charge in [-0.15, -0.1) is 0 Å². The molecule has 4 saturated carbocycles. The Morgan fingerprint density at radius 1 is 0.879 bits per heavy atom. The molecule has 8 atom stereocenters. The van der Waals surface area contributed by atoms with Gasteiger partial charge < -0.3 is 10.2 Å². The number of rotatable bonds is 1. The minimum absolute atomic E-state index is 0.0301. The van der Waals surface area contributed by atoms with Crippen LogP contribution in [0.1, 0.15) is 113 Å². The zero-order valence-corrected chi connectivity index (χ0v) is 22.3. The average Bonchev–Trinajstić information content (AvgIpc) is 2.71. The van der Waals surface area contributed by atoms with E-state index in [0.717, 1.165) is 51.4 Å². The molecule has 0 aromatic carbocycles. The van der Waals surface area contributed by atoms with Gasteiger partial charge in [-0.2, -0.15) is 0 Å². The van der Waals surface area contributed by atoms with E-state index in [1.807, 2.05) is 0 Å². The number of aliphatic hydroxyl groups excluding tert-OH is 1. The fourth-order valence-electron chi connectivity index (χ4n) is 10.6. The highest BCUT2D eigenvalue weighted by atomic mass is 16.4. The molecule has 0 unspecified atom stereocenters. The lowest BCUT2D eigenvalue weighted by Gasteiger charge is -2.71. The highest BCUT2D eigenvalue weighted by molar-refractivity contribution is 5.76. The highest BCUT2D eigenvalue weighted by Crippen LogP contribution is 2.75. The Kier molecular flexibility index (Phi) is 4.99. The lowest BCUT2D eigenvalue weighted by molar-refractivity contribution is -0.205. The minimum atomic E-state index is -0.553. The van der Waals surface area contributed by atoms with Gasteiger partial charge in [0.1, 0.15) is 0 Å². The second-order valence-corrected chi connectivity index (χ2v) is 15.1. The summed E-state index contributed by atoms with van der Waals surface area (Å²) in [4.78, 5) is 12.8. The van der Waals surface area contributed by atoms with Crippen molar-refractivity contribution >= 4 is 5.97 Å². The maximum Gasteiger partial charge on any atom is 0.310 e. The molecule has 0 aliphatic heterocycles. The van der Waals surface area contributed by atoms with Crippen molar-refractivity contribution in [2.24, 2.45) is 50.2 Å². The molecule has 3 heteroatoms. The molecule has 5 aliphatic carbocycles. The van der Waals surface area contributed by atoms with Crippen LogP contribution >= 0.6 is 0 Å².